The van der Waals surface area contributed by atoms with Crippen molar-refractivity contribution in [2.75, 3.05) is 20.0 Å². The van der Waals surface area contributed by atoms with Crippen LogP contribution in [0.5, 0.6) is 0 Å². The Hall–Kier alpha value is -1.18. The average Bonchev–Trinajstić information content (AvgIpc) is 2.60. The van der Waals surface area contributed by atoms with Gasteiger partial charge in [-0.05, 0) is 24.4 Å². The fourth-order valence-electron chi connectivity index (χ4n) is 1.87. The predicted octanol–water partition coefficient (Wildman–Crippen LogP) is 1.75. The van der Waals surface area contributed by atoms with Gasteiger partial charge in [0.25, 0.3) is 0 Å². The van der Waals surface area contributed by atoms with E-state index in [9.17, 15) is 8.42 Å². The third kappa shape index (κ3) is 2.33. The van der Waals surface area contributed by atoms with Crippen LogP contribution in [0.4, 0.5) is 0 Å². The van der Waals surface area contributed by atoms with Crippen LogP contribution in [0.15, 0.2) is 23.1 Å². The second-order valence-corrected chi connectivity index (χ2v) is 6.37. The molecule has 0 fully saturated rings. The molecule has 0 atom stereocenters. The number of para-hydroxylation sites is 1. The number of hydrogen-bond donors (Lipinski definition) is 1. The summed E-state index contributed by atoms with van der Waals surface area (Å²) in [6, 6.07) is 5.13. The summed E-state index contributed by atoms with van der Waals surface area (Å²) in [6.45, 7) is 1.10. The summed E-state index contributed by atoms with van der Waals surface area (Å²) in [5.41, 5.74) is 1.33. The van der Waals surface area contributed by atoms with Gasteiger partial charge in [0.05, 0.1) is 22.5 Å². The number of H-pyrrole nitrogens is 1. The zero-order valence-electron chi connectivity index (χ0n) is 10.1. The zero-order valence-corrected chi connectivity index (χ0v) is 11.8. The molecule has 1 heterocycles. The SMILES string of the molecule is COCCn1c(=S)[nH]c2c(S(C)(=O)=O)cccc21. The number of nitrogens with one attached hydrogen (secondary N) is 1. The maximum absolute atomic E-state index is 11.7. The first kappa shape index (κ1) is 13.3. The molecule has 0 saturated carbocycles. The highest BCUT2D eigenvalue weighted by molar-refractivity contribution is 7.91. The van der Waals surface area contributed by atoms with Crippen LogP contribution >= 0.6 is 12.2 Å². The van der Waals surface area contributed by atoms with E-state index in [-0.39, 0.29) is 4.90 Å². The van der Waals surface area contributed by atoms with E-state index in [1.54, 1.807) is 19.2 Å². The Morgan fingerprint density at radius 3 is 2.78 bits per heavy atom. The lowest BCUT2D eigenvalue weighted by molar-refractivity contribution is 0.188. The van der Waals surface area contributed by atoms with Crippen LogP contribution in [0, 0.1) is 4.77 Å². The number of aromatic nitrogens is 2. The van der Waals surface area contributed by atoms with Gasteiger partial charge in [0, 0.05) is 19.9 Å². The molecule has 0 aliphatic rings. The first-order valence-corrected chi connectivity index (χ1v) is 7.65. The molecule has 0 saturated heterocycles. The normalized spacial score (nSPS) is 12.1. The van der Waals surface area contributed by atoms with Crippen molar-refractivity contribution in [3.63, 3.8) is 0 Å². The maximum Gasteiger partial charge on any atom is 0.178 e. The van der Waals surface area contributed by atoms with Gasteiger partial charge in [-0.2, -0.15) is 0 Å². The van der Waals surface area contributed by atoms with Crippen molar-refractivity contribution < 1.29 is 13.2 Å². The number of aromatic amines is 1. The minimum Gasteiger partial charge on any atom is -0.383 e. The van der Waals surface area contributed by atoms with E-state index >= 15 is 0 Å². The molecule has 98 valence electrons. The molecular weight excluding hydrogens is 272 g/mol. The van der Waals surface area contributed by atoms with Crippen LogP contribution in [0.25, 0.3) is 11.0 Å². The summed E-state index contributed by atoms with van der Waals surface area (Å²) in [7, 11) is -1.66. The summed E-state index contributed by atoms with van der Waals surface area (Å²) in [5, 5.41) is 0. The van der Waals surface area contributed by atoms with Crippen LogP contribution in [0.3, 0.4) is 0 Å². The topological polar surface area (TPSA) is 64.1 Å². The molecule has 0 unspecified atom stereocenters. The van der Waals surface area contributed by atoms with Crippen molar-refractivity contribution in [2.45, 2.75) is 11.4 Å². The predicted molar refractivity (Wildman–Crippen MR) is 72.1 cm³/mol. The molecule has 0 radical (unpaired) electrons. The van der Waals surface area contributed by atoms with E-state index in [2.05, 4.69) is 4.98 Å². The summed E-state index contributed by atoms with van der Waals surface area (Å²) >= 11 is 5.21. The second kappa shape index (κ2) is 4.83. The van der Waals surface area contributed by atoms with Crippen LogP contribution in [0.1, 0.15) is 0 Å². The molecule has 18 heavy (non-hydrogen) atoms. The fourth-order valence-corrected chi connectivity index (χ4v) is 3.01. The van der Waals surface area contributed by atoms with Gasteiger partial charge >= 0.3 is 0 Å². The molecule has 5 nitrogen and oxygen atoms in total. The largest absolute Gasteiger partial charge is 0.383 e. The van der Waals surface area contributed by atoms with E-state index in [0.29, 0.717) is 23.4 Å². The fraction of sp³-hybridized carbons (Fsp3) is 0.364. The van der Waals surface area contributed by atoms with Gasteiger partial charge in [-0.15, -0.1) is 0 Å². The number of sulfone groups is 1. The minimum absolute atomic E-state index is 0.266. The van der Waals surface area contributed by atoms with Crippen molar-refractivity contribution >= 4 is 33.1 Å². The van der Waals surface area contributed by atoms with E-state index in [1.807, 2.05) is 10.6 Å². The Morgan fingerprint density at radius 1 is 1.44 bits per heavy atom. The van der Waals surface area contributed by atoms with E-state index in [0.717, 1.165) is 5.52 Å². The van der Waals surface area contributed by atoms with E-state index < -0.39 is 9.84 Å². The number of rotatable bonds is 4. The average molecular weight is 286 g/mol. The highest BCUT2D eigenvalue weighted by Crippen LogP contribution is 2.22. The number of benzene rings is 1. The molecule has 2 aromatic rings. The Labute approximate surface area is 110 Å². The van der Waals surface area contributed by atoms with Gasteiger partial charge in [-0.3, -0.25) is 0 Å². The van der Waals surface area contributed by atoms with Crippen molar-refractivity contribution in [1.82, 2.24) is 9.55 Å². The summed E-state index contributed by atoms with van der Waals surface area (Å²) in [5.74, 6) is 0. The smallest absolute Gasteiger partial charge is 0.178 e. The van der Waals surface area contributed by atoms with Crippen molar-refractivity contribution in [2.24, 2.45) is 0 Å². The molecule has 0 bridgehead atoms. The first-order valence-electron chi connectivity index (χ1n) is 5.35. The van der Waals surface area contributed by atoms with Crippen LogP contribution in [-0.2, 0) is 21.1 Å². The molecule has 0 amide bonds. The number of imidazole rings is 1. The summed E-state index contributed by atoms with van der Waals surface area (Å²) < 4.78 is 30.7. The lowest BCUT2D eigenvalue weighted by Gasteiger charge is -2.04. The highest BCUT2D eigenvalue weighted by atomic mass is 32.2. The Kier molecular flexibility index (Phi) is 3.56. The Bertz CT molecular complexity index is 728. The zero-order chi connectivity index (χ0) is 13.3. The number of nitrogens with zero attached hydrogens (tertiary/aromatic N) is 1. The second-order valence-electron chi connectivity index (χ2n) is 4.00. The first-order chi connectivity index (χ1) is 8.45. The van der Waals surface area contributed by atoms with Crippen molar-refractivity contribution in [1.29, 1.82) is 0 Å². The number of ether oxygens (including phenoxy) is 1. The van der Waals surface area contributed by atoms with Gasteiger partial charge in [0.1, 0.15) is 0 Å². The van der Waals surface area contributed by atoms with Crippen LogP contribution in [-0.4, -0.2) is 37.9 Å². The van der Waals surface area contributed by atoms with Crippen LogP contribution < -0.4 is 0 Å². The summed E-state index contributed by atoms with van der Waals surface area (Å²) in [6.07, 6.45) is 1.19. The molecule has 0 aliphatic heterocycles. The van der Waals surface area contributed by atoms with E-state index in [1.165, 1.54) is 6.26 Å². The maximum atomic E-state index is 11.7. The van der Waals surface area contributed by atoms with Crippen molar-refractivity contribution in [3.05, 3.63) is 23.0 Å². The molecular formula is C11H14N2O3S2. The Balaban J connectivity index is 2.71. The highest BCUT2D eigenvalue weighted by Gasteiger charge is 2.15. The number of fused-ring (bicyclic) bond motifs is 1. The standard InChI is InChI=1S/C11H14N2O3S2/c1-16-7-6-13-8-4-3-5-9(18(2,14)15)10(8)12-11(13)17/h3-5H,6-7H2,1-2H3,(H,12,17). The quantitative estimate of drug-likeness (QED) is 0.870. The van der Waals surface area contributed by atoms with Gasteiger partial charge in [0.15, 0.2) is 14.6 Å². The molecule has 2 rings (SSSR count). The van der Waals surface area contributed by atoms with Gasteiger partial charge < -0.3 is 14.3 Å². The molecule has 1 N–H and O–H groups in total. The molecule has 7 heteroatoms. The molecule has 0 aliphatic carbocycles. The number of methoxy groups -OCH3 is 1. The minimum atomic E-state index is -3.28. The van der Waals surface area contributed by atoms with Gasteiger partial charge in [-0.1, -0.05) is 6.07 Å². The lowest BCUT2D eigenvalue weighted by Crippen LogP contribution is -2.04. The number of hydrogen-bond acceptors (Lipinski definition) is 4. The van der Waals surface area contributed by atoms with E-state index in [4.69, 9.17) is 17.0 Å². The summed E-state index contributed by atoms with van der Waals surface area (Å²) in [4.78, 5) is 3.22. The molecule has 1 aromatic carbocycles. The monoisotopic (exact) mass is 286 g/mol. The lowest BCUT2D eigenvalue weighted by atomic mass is 10.3. The third-order valence-electron chi connectivity index (χ3n) is 2.69. The third-order valence-corrected chi connectivity index (χ3v) is 4.15. The van der Waals surface area contributed by atoms with Gasteiger partial charge in [0.2, 0.25) is 0 Å². The molecule has 0 spiro atoms. The van der Waals surface area contributed by atoms with Gasteiger partial charge in [-0.25, -0.2) is 8.42 Å². The van der Waals surface area contributed by atoms with Crippen molar-refractivity contribution in [3.8, 4) is 0 Å². The molecule has 1 aromatic heterocycles. The van der Waals surface area contributed by atoms with Crippen LogP contribution in [0.2, 0.25) is 0 Å². The Morgan fingerprint density at radius 2 is 2.17 bits per heavy atom.